The average Bonchev–Trinajstić information content (AvgIpc) is 3.29. The number of ether oxygens (including phenoxy) is 1. The lowest BCUT2D eigenvalue weighted by atomic mass is 9.81. The molecule has 1 aromatic rings. The van der Waals surface area contributed by atoms with Crippen molar-refractivity contribution in [2.45, 2.75) is 25.7 Å². The van der Waals surface area contributed by atoms with Crippen molar-refractivity contribution < 1.29 is 19.1 Å². The highest BCUT2D eigenvalue weighted by Gasteiger charge is 2.60. The molecule has 4 rings (SSSR count). The van der Waals surface area contributed by atoms with E-state index < -0.39 is 0 Å². The number of benzene rings is 1. The number of methoxy groups -OCH3 is 1. The molecule has 3 fully saturated rings. The standard InChI is InChI=1S/C19H22N2O4/c1-25-14-6-4-13(5-7-14)20-15(22)8-9-21-18(23)16-11-2-3-12(10-11)17(16)19(21)24/h4-7,11-12,16-17H,2-3,8-10H2,1H3,(H,20,22)/t11-,12+,16+,17-. The van der Waals surface area contributed by atoms with E-state index in [1.54, 1.807) is 31.4 Å². The molecular weight excluding hydrogens is 320 g/mol. The molecule has 0 spiro atoms. The van der Waals surface area contributed by atoms with Crippen LogP contribution in [-0.2, 0) is 14.4 Å². The molecule has 0 aromatic heterocycles. The smallest absolute Gasteiger partial charge is 0.233 e. The number of amides is 3. The molecule has 3 amide bonds. The van der Waals surface area contributed by atoms with Crippen LogP contribution in [0, 0.1) is 23.7 Å². The Labute approximate surface area is 146 Å². The number of fused-ring (bicyclic) bond motifs is 5. The molecule has 1 aliphatic heterocycles. The minimum Gasteiger partial charge on any atom is -0.497 e. The van der Waals surface area contributed by atoms with Gasteiger partial charge >= 0.3 is 0 Å². The van der Waals surface area contributed by atoms with E-state index in [9.17, 15) is 14.4 Å². The predicted octanol–water partition coefficient (Wildman–Crippen LogP) is 2.05. The first-order valence-electron chi connectivity index (χ1n) is 8.87. The van der Waals surface area contributed by atoms with Gasteiger partial charge in [-0.3, -0.25) is 19.3 Å². The van der Waals surface area contributed by atoms with Gasteiger partial charge in [0.25, 0.3) is 0 Å². The molecule has 1 saturated heterocycles. The van der Waals surface area contributed by atoms with E-state index in [0.29, 0.717) is 23.3 Å². The lowest BCUT2D eigenvalue weighted by molar-refractivity contribution is -0.140. The van der Waals surface area contributed by atoms with Crippen LogP contribution in [0.5, 0.6) is 5.75 Å². The number of nitrogens with one attached hydrogen (secondary N) is 1. The Morgan fingerprint density at radius 1 is 1.12 bits per heavy atom. The number of imide groups is 1. The predicted molar refractivity (Wildman–Crippen MR) is 90.8 cm³/mol. The van der Waals surface area contributed by atoms with E-state index in [0.717, 1.165) is 19.3 Å². The quantitative estimate of drug-likeness (QED) is 0.831. The largest absolute Gasteiger partial charge is 0.497 e. The van der Waals surface area contributed by atoms with Gasteiger partial charge < -0.3 is 10.1 Å². The number of nitrogens with zero attached hydrogens (tertiary/aromatic N) is 1. The van der Waals surface area contributed by atoms with Crippen molar-refractivity contribution >= 4 is 23.4 Å². The summed E-state index contributed by atoms with van der Waals surface area (Å²) in [7, 11) is 1.58. The number of rotatable bonds is 5. The number of likely N-dealkylation sites (tertiary alicyclic amines) is 1. The molecule has 1 heterocycles. The van der Waals surface area contributed by atoms with Crippen molar-refractivity contribution in [1.82, 2.24) is 4.90 Å². The van der Waals surface area contributed by atoms with Gasteiger partial charge in [0.05, 0.1) is 18.9 Å². The third-order valence-electron chi connectivity index (χ3n) is 5.95. The first kappa shape index (κ1) is 16.1. The molecular formula is C19H22N2O4. The maximum Gasteiger partial charge on any atom is 0.233 e. The summed E-state index contributed by atoms with van der Waals surface area (Å²) in [5, 5.41) is 2.78. The Kier molecular flexibility index (Phi) is 3.98. The van der Waals surface area contributed by atoms with E-state index in [1.807, 2.05) is 0 Å². The Hall–Kier alpha value is -2.37. The fourth-order valence-electron chi connectivity index (χ4n) is 4.80. The third-order valence-corrected chi connectivity index (χ3v) is 5.95. The number of hydrogen-bond donors (Lipinski definition) is 1. The Morgan fingerprint density at radius 2 is 1.72 bits per heavy atom. The van der Waals surface area contributed by atoms with Crippen LogP contribution in [-0.4, -0.2) is 36.3 Å². The third kappa shape index (κ3) is 2.69. The molecule has 3 aliphatic rings. The maximum atomic E-state index is 12.6. The van der Waals surface area contributed by atoms with Crippen molar-refractivity contribution in [2.75, 3.05) is 19.0 Å². The van der Waals surface area contributed by atoms with Crippen LogP contribution in [0.1, 0.15) is 25.7 Å². The molecule has 25 heavy (non-hydrogen) atoms. The zero-order valence-corrected chi connectivity index (χ0v) is 14.2. The van der Waals surface area contributed by atoms with Gasteiger partial charge in [-0.25, -0.2) is 0 Å². The highest BCUT2D eigenvalue weighted by molar-refractivity contribution is 6.06. The van der Waals surface area contributed by atoms with Gasteiger partial charge in [-0.2, -0.15) is 0 Å². The molecule has 1 aromatic carbocycles. The molecule has 4 atom stereocenters. The highest BCUT2D eigenvalue weighted by atomic mass is 16.5. The Morgan fingerprint density at radius 3 is 2.28 bits per heavy atom. The molecule has 2 bridgehead atoms. The number of carbonyl (C=O) groups is 3. The summed E-state index contributed by atoms with van der Waals surface area (Å²) < 4.78 is 5.08. The van der Waals surface area contributed by atoms with E-state index in [-0.39, 0.29) is 42.5 Å². The summed E-state index contributed by atoms with van der Waals surface area (Å²) in [5.41, 5.74) is 0.666. The Bertz CT molecular complexity index is 687. The lowest BCUT2D eigenvalue weighted by Crippen LogP contribution is -2.35. The summed E-state index contributed by atoms with van der Waals surface area (Å²) >= 11 is 0. The maximum absolute atomic E-state index is 12.6. The SMILES string of the molecule is COc1ccc(NC(=O)CCN2C(=O)[C@@H]3[C@H]4CC[C@H](C4)[C@@H]3C2=O)cc1. The van der Waals surface area contributed by atoms with E-state index in [1.165, 1.54) is 4.90 Å². The summed E-state index contributed by atoms with van der Waals surface area (Å²) in [5.74, 6) is 0.929. The molecule has 132 valence electrons. The number of hydrogen-bond acceptors (Lipinski definition) is 4. The highest BCUT2D eigenvalue weighted by Crippen LogP contribution is 2.56. The molecule has 0 unspecified atom stereocenters. The van der Waals surface area contributed by atoms with Crippen molar-refractivity contribution in [2.24, 2.45) is 23.7 Å². The second-order valence-corrected chi connectivity index (χ2v) is 7.24. The molecule has 2 saturated carbocycles. The topological polar surface area (TPSA) is 75.7 Å². The monoisotopic (exact) mass is 342 g/mol. The van der Waals surface area contributed by atoms with E-state index in [4.69, 9.17) is 4.74 Å². The number of anilines is 1. The van der Waals surface area contributed by atoms with Crippen LogP contribution in [0.3, 0.4) is 0 Å². The van der Waals surface area contributed by atoms with E-state index >= 15 is 0 Å². The zero-order valence-electron chi connectivity index (χ0n) is 14.2. The van der Waals surface area contributed by atoms with Gasteiger partial charge in [0.1, 0.15) is 5.75 Å². The average molecular weight is 342 g/mol. The lowest BCUT2D eigenvalue weighted by Gasteiger charge is -2.19. The van der Waals surface area contributed by atoms with Crippen molar-refractivity contribution in [3.8, 4) is 5.75 Å². The van der Waals surface area contributed by atoms with Crippen LogP contribution < -0.4 is 10.1 Å². The minimum atomic E-state index is -0.203. The van der Waals surface area contributed by atoms with Crippen molar-refractivity contribution in [1.29, 1.82) is 0 Å². The first-order valence-corrected chi connectivity index (χ1v) is 8.87. The van der Waals surface area contributed by atoms with Gasteiger partial charge in [0.15, 0.2) is 0 Å². The van der Waals surface area contributed by atoms with Gasteiger partial charge in [0.2, 0.25) is 17.7 Å². The second-order valence-electron chi connectivity index (χ2n) is 7.24. The summed E-state index contributed by atoms with van der Waals surface area (Å²) in [6.45, 7) is 0.173. The number of carbonyl (C=O) groups excluding carboxylic acids is 3. The first-order chi connectivity index (χ1) is 12.1. The van der Waals surface area contributed by atoms with Crippen LogP contribution >= 0.6 is 0 Å². The van der Waals surface area contributed by atoms with Gasteiger partial charge in [0, 0.05) is 18.7 Å². The van der Waals surface area contributed by atoms with Crippen LogP contribution in [0.2, 0.25) is 0 Å². The van der Waals surface area contributed by atoms with Crippen molar-refractivity contribution in [3.05, 3.63) is 24.3 Å². The summed E-state index contributed by atoms with van der Waals surface area (Å²) in [4.78, 5) is 38.6. The molecule has 0 radical (unpaired) electrons. The van der Waals surface area contributed by atoms with E-state index in [2.05, 4.69) is 5.32 Å². The minimum absolute atomic E-state index is 0.0561. The zero-order chi connectivity index (χ0) is 17.6. The fourth-order valence-corrected chi connectivity index (χ4v) is 4.80. The van der Waals surface area contributed by atoms with Crippen molar-refractivity contribution in [3.63, 3.8) is 0 Å². The molecule has 2 aliphatic carbocycles. The van der Waals surface area contributed by atoms with Crippen LogP contribution in [0.4, 0.5) is 5.69 Å². The summed E-state index contributed by atoms with van der Waals surface area (Å²) in [6, 6.07) is 7.04. The molecule has 1 N–H and O–H groups in total. The second kappa shape index (κ2) is 6.17. The van der Waals surface area contributed by atoms with Crippen LogP contribution in [0.25, 0.3) is 0 Å². The molecule has 6 heteroatoms. The molecule has 6 nitrogen and oxygen atoms in total. The van der Waals surface area contributed by atoms with Gasteiger partial charge in [-0.15, -0.1) is 0 Å². The van der Waals surface area contributed by atoms with Crippen LogP contribution in [0.15, 0.2) is 24.3 Å². The van der Waals surface area contributed by atoms with Gasteiger partial charge in [-0.1, -0.05) is 0 Å². The van der Waals surface area contributed by atoms with Gasteiger partial charge in [-0.05, 0) is 55.4 Å². The summed E-state index contributed by atoms with van der Waals surface area (Å²) in [6.07, 6.45) is 3.28. The fraction of sp³-hybridized carbons (Fsp3) is 0.526. The normalized spacial score (nSPS) is 29.9. The Balaban J connectivity index is 1.34.